The first-order valence-corrected chi connectivity index (χ1v) is 27.9. The summed E-state index contributed by atoms with van der Waals surface area (Å²) in [6.07, 6.45) is 54.0. The van der Waals surface area contributed by atoms with Crippen LogP contribution in [0.4, 0.5) is 0 Å². The Morgan fingerprint density at radius 3 is 0.790 bits per heavy atom. The average molecular weight is 877 g/mol. The van der Waals surface area contributed by atoms with Gasteiger partial charge in [-0.3, -0.25) is 14.4 Å². The van der Waals surface area contributed by atoms with Gasteiger partial charge in [-0.25, -0.2) is 0 Å². The molecule has 0 saturated heterocycles. The van der Waals surface area contributed by atoms with E-state index in [-0.39, 0.29) is 31.1 Å². The van der Waals surface area contributed by atoms with Crippen LogP contribution < -0.4 is 0 Å². The van der Waals surface area contributed by atoms with Crippen molar-refractivity contribution in [2.75, 3.05) is 13.2 Å². The molecule has 0 heterocycles. The molecule has 368 valence electrons. The highest BCUT2D eigenvalue weighted by molar-refractivity contribution is 5.71. The molecule has 0 aromatic carbocycles. The fourth-order valence-corrected chi connectivity index (χ4v) is 8.57. The number of rotatable bonds is 51. The van der Waals surface area contributed by atoms with Crippen LogP contribution in [-0.4, -0.2) is 37.2 Å². The Labute approximate surface area is 387 Å². The van der Waals surface area contributed by atoms with Gasteiger partial charge in [0.1, 0.15) is 13.2 Å². The molecule has 0 N–H and O–H groups in total. The molecular weight excluding hydrogens is 769 g/mol. The van der Waals surface area contributed by atoms with E-state index < -0.39 is 6.10 Å². The summed E-state index contributed by atoms with van der Waals surface area (Å²) in [6, 6.07) is 0. The van der Waals surface area contributed by atoms with Crippen LogP contribution >= 0.6 is 0 Å². The minimum Gasteiger partial charge on any atom is -0.462 e. The molecule has 0 radical (unpaired) electrons. The zero-order chi connectivity index (χ0) is 45.2. The van der Waals surface area contributed by atoms with Crippen molar-refractivity contribution >= 4 is 17.9 Å². The summed E-state index contributed by atoms with van der Waals surface area (Å²) in [5.74, 6) is 0.00226. The lowest BCUT2D eigenvalue weighted by Crippen LogP contribution is -2.30. The Morgan fingerprint density at radius 1 is 0.306 bits per heavy atom. The van der Waals surface area contributed by atoms with Crippen LogP contribution in [0.3, 0.4) is 0 Å². The minimum absolute atomic E-state index is 0.0629. The molecule has 6 heteroatoms. The number of esters is 3. The molecule has 0 aliphatic rings. The summed E-state index contributed by atoms with van der Waals surface area (Å²) >= 11 is 0. The number of hydrogen-bond acceptors (Lipinski definition) is 6. The Hall–Kier alpha value is -1.59. The molecule has 62 heavy (non-hydrogen) atoms. The van der Waals surface area contributed by atoms with Gasteiger partial charge in [0, 0.05) is 19.3 Å². The number of ether oxygens (including phenoxy) is 3. The van der Waals surface area contributed by atoms with Crippen LogP contribution in [-0.2, 0) is 28.6 Å². The summed E-state index contributed by atoms with van der Waals surface area (Å²) in [7, 11) is 0. The van der Waals surface area contributed by atoms with Gasteiger partial charge in [0.15, 0.2) is 6.10 Å². The highest BCUT2D eigenvalue weighted by Gasteiger charge is 2.19. The lowest BCUT2D eigenvalue weighted by atomic mass is 10.0. The third-order valence-electron chi connectivity index (χ3n) is 12.8. The molecule has 1 atom stereocenters. The zero-order valence-corrected chi connectivity index (χ0v) is 42.3. The van der Waals surface area contributed by atoms with Crippen molar-refractivity contribution in [1.29, 1.82) is 0 Å². The van der Waals surface area contributed by atoms with Gasteiger partial charge in [-0.05, 0) is 25.2 Å². The molecule has 6 nitrogen and oxygen atoms in total. The van der Waals surface area contributed by atoms with Crippen molar-refractivity contribution < 1.29 is 28.6 Å². The predicted octanol–water partition coefficient (Wildman–Crippen LogP) is 18.2. The van der Waals surface area contributed by atoms with Gasteiger partial charge >= 0.3 is 17.9 Å². The van der Waals surface area contributed by atoms with E-state index in [9.17, 15) is 14.4 Å². The van der Waals surface area contributed by atoms with Crippen LogP contribution in [0.15, 0.2) is 0 Å². The highest BCUT2D eigenvalue weighted by Crippen LogP contribution is 2.18. The first-order valence-electron chi connectivity index (χ1n) is 27.9. The summed E-state index contributed by atoms with van der Waals surface area (Å²) in [4.78, 5) is 37.9. The van der Waals surface area contributed by atoms with Crippen molar-refractivity contribution in [2.45, 2.75) is 323 Å². The van der Waals surface area contributed by atoms with Gasteiger partial charge in [0.05, 0.1) is 0 Å². The summed E-state index contributed by atoms with van der Waals surface area (Å²) in [6.45, 7) is 9.02. The summed E-state index contributed by atoms with van der Waals surface area (Å²) < 4.78 is 16.8. The SMILES string of the molecule is CCCCCCCCCCCCCCCCCCCCCC(=O)OC[C@@H](COC(=O)CCCCCCCCCCCCCCCCCC(C)C)OC(=O)CCCCCCCCC. The molecule has 0 fully saturated rings. The number of unbranched alkanes of at least 4 members (excludes halogenated alkanes) is 38. The van der Waals surface area contributed by atoms with Crippen molar-refractivity contribution in [1.82, 2.24) is 0 Å². The summed E-state index contributed by atoms with van der Waals surface area (Å²) in [5, 5.41) is 0. The zero-order valence-electron chi connectivity index (χ0n) is 42.3. The first-order chi connectivity index (χ1) is 30.4. The van der Waals surface area contributed by atoms with E-state index in [1.807, 2.05) is 0 Å². The lowest BCUT2D eigenvalue weighted by molar-refractivity contribution is -0.167. The van der Waals surface area contributed by atoms with E-state index >= 15 is 0 Å². The fourth-order valence-electron chi connectivity index (χ4n) is 8.57. The summed E-state index contributed by atoms with van der Waals surface area (Å²) in [5.41, 5.74) is 0. The maximum atomic E-state index is 12.7. The Bertz CT molecular complexity index is 933. The quantitative estimate of drug-likeness (QED) is 0.0344. The van der Waals surface area contributed by atoms with Gasteiger partial charge in [-0.2, -0.15) is 0 Å². The fraction of sp³-hybridized carbons (Fsp3) is 0.946. The van der Waals surface area contributed by atoms with Crippen molar-refractivity contribution in [3.8, 4) is 0 Å². The molecule has 0 aliphatic heterocycles. The van der Waals surface area contributed by atoms with Gasteiger partial charge in [0.25, 0.3) is 0 Å². The molecule has 0 aromatic rings. The topological polar surface area (TPSA) is 78.9 Å². The largest absolute Gasteiger partial charge is 0.462 e. The van der Waals surface area contributed by atoms with E-state index in [0.717, 1.165) is 63.7 Å². The van der Waals surface area contributed by atoms with Crippen LogP contribution in [0.25, 0.3) is 0 Å². The van der Waals surface area contributed by atoms with Gasteiger partial charge in [-0.1, -0.05) is 278 Å². The monoisotopic (exact) mass is 877 g/mol. The third kappa shape index (κ3) is 49.4. The van der Waals surface area contributed by atoms with E-state index in [1.54, 1.807) is 0 Å². The minimum atomic E-state index is -0.760. The molecule has 0 aromatic heterocycles. The van der Waals surface area contributed by atoms with Crippen molar-refractivity contribution in [2.24, 2.45) is 5.92 Å². The molecule has 0 unspecified atom stereocenters. The van der Waals surface area contributed by atoms with E-state index in [1.165, 1.54) is 212 Å². The van der Waals surface area contributed by atoms with E-state index in [2.05, 4.69) is 27.7 Å². The Balaban J connectivity index is 4.10. The molecule has 0 spiro atoms. The lowest BCUT2D eigenvalue weighted by Gasteiger charge is -2.18. The predicted molar refractivity (Wildman–Crippen MR) is 266 cm³/mol. The van der Waals surface area contributed by atoms with Crippen LogP contribution in [0, 0.1) is 5.92 Å². The second-order valence-corrected chi connectivity index (χ2v) is 19.7. The molecule has 0 amide bonds. The van der Waals surface area contributed by atoms with Gasteiger partial charge < -0.3 is 14.2 Å². The Morgan fingerprint density at radius 2 is 0.532 bits per heavy atom. The molecule has 0 aliphatic carbocycles. The van der Waals surface area contributed by atoms with Gasteiger partial charge in [-0.15, -0.1) is 0 Å². The number of carbonyl (C=O) groups is 3. The van der Waals surface area contributed by atoms with Crippen molar-refractivity contribution in [3.05, 3.63) is 0 Å². The molecule has 0 saturated carbocycles. The number of hydrogen-bond donors (Lipinski definition) is 0. The molecule has 0 bridgehead atoms. The maximum Gasteiger partial charge on any atom is 0.306 e. The normalized spacial score (nSPS) is 12.0. The second-order valence-electron chi connectivity index (χ2n) is 19.7. The Kier molecular flexibility index (Phi) is 49.1. The number of carbonyl (C=O) groups excluding carboxylic acids is 3. The average Bonchev–Trinajstić information content (AvgIpc) is 3.26. The molecule has 0 rings (SSSR count). The second kappa shape index (κ2) is 50.4. The third-order valence-corrected chi connectivity index (χ3v) is 12.8. The standard InChI is InChI=1S/C56H108O6/c1-5-7-9-11-13-14-15-16-17-18-19-20-23-26-29-32-36-39-43-47-54(57)60-50-53(62-56(59)49-45-41-34-12-10-8-6-2)51-61-55(58)48-44-40-37-33-30-27-24-21-22-25-28-31-35-38-42-46-52(3)4/h52-53H,5-51H2,1-4H3/t53-/m0/s1. The first kappa shape index (κ1) is 60.4. The van der Waals surface area contributed by atoms with E-state index in [4.69, 9.17) is 14.2 Å². The van der Waals surface area contributed by atoms with E-state index in [0.29, 0.717) is 19.3 Å². The highest BCUT2D eigenvalue weighted by atomic mass is 16.6. The molecular formula is C56H108O6. The van der Waals surface area contributed by atoms with Crippen LogP contribution in [0.5, 0.6) is 0 Å². The van der Waals surface area contributed by atoms with Gasteiger partial charge in [0.2, 0.25) is 0 Å². The van der Waals surface area contributed by atoms with Crippen LogP contribution in [0.1, 0.15) is 317 Å². The maximum absolute atomic E-state index is 12.7. The van der Waals surface area contributed by atoms with Crippen LogP contribution in [0.2, 0.25) is 0 Å². The smallest absolute Gasteiger partial charge is 0.306 e. The van der Waals surface area contributed by atoms with Crippen molar-refractivity contribution in [3.63, 3.8) is 0 Å².